The van der Waals surface area contributed by atoms with Crippen molar-refractivity contribution in [3.63, 3.8) is 0 Å². The van der Waals surface area contributed by atoms with Crippen molar-refractivity contribution in [2.45, 2.75) is 13.5 Å². The molecule has 0 atom stereocenters. The predicted octanol–water partition coefficient (Wildman–Crippen LogP) is 4.47. The monoisotopic (exact) mass is 384 g/mol. The third-order valence-corrected chi connectivity index (χ3v) is 4.53. The minimum Gasteiger partial charge on any atom is -0.334 e. The molecule has 2 aromatic carbocycles. The first-order valence-electron chi connectivity index (χ1n) is 7.53. The lowest BCUT2D eigenvalue weighted by atomic mass is 10.1. The molecule has 0 unspecified atom stereocenters. The van der Waals surface area contributed by atoms with Crippen LogP contribution >= 0.6 is 15.9 Å². The van der Waals surface area contributed by atoms with Crippen LogP contribution in [0.25, 0.3) is 11.3 Å². The van der Waals surface area contributed by atoms with Crippen LogP contribution in [0, 0.1) is 6.92 Å². The number of anilines is 1. The molecule has 3 rings (SSSR count). The summed E-state index contributed by atoms with van der Waals surface area (Å²) in [4.78, 5) is 12.1. The summed E-state index contributed by atoms with van der Waals surface area (Å²) in [6.45, 7) is 2.43. The Hall–Kier alpha value is -2.60. The highest BCUT2D eigenvalue weighted by Gasteiger charge is 2.10. The molecule has 3 N–H and O–H groups in total. The number of hydrogen-bond acceptors (Lipinski definition) is 2. The van der Waals surface area contributed by atoms with E-state index in [4.69, 9.17) is 0 Å². The summed E-state index contributed by atoms with van der Waals surface area (Å²) in [7, 11) is 0. The van der Waals surface area contributed by atoms with Crippen LogP contribution in [0.15, 0.2) is 59.1 Å². The molecule has 0 aliphatic rings. The molecule has 6 heteroatoms. The minimum atomic E-state index is -0.242. The zero-order chi connectivity index (χ0) is 16.9. The van der Waals surface area contributed by atoms with Crippen molar-refractivity contribution in [2.24, 2.45) is 0 Å². The summed E-state index contributed by atoms with van der Waals surface area (Å²) in [5.41, 5.74) is 4.47. The molecule has 2 amide bonds. The van der Waals surface area contributed by atoms with Gasteiger partial charge in [-0.1, -0.05) is 42.5 Å². The molecule has 3 aromatic rings. The zero-order valence-electron chi connectivity index (χ0n) is 13.1. The van der Waals surface area contributed by atoms with Gasteiger partial charge < -0.3 is 10.6 Å². The molecular formula is C18H17BrN4O. The third kappa shape index (κ3) is 3.83. The number of carbonyl (C=O) groups is 1. The van der Waals surface area contributed by atoms with Gasteiger partial charge in [0.2, 0.25) is 0 Å². The van der Waals surface area contributed by atoms with Crippen LogP contribution in [0.2, 0.25) is 0 Å². The molecule has 0 aliphatic heterocycles. The van der Waals surface area contributed by atoms with Gasteiger partial charge >= 0.3 is 6.03 Å². The van der Waals surface area contributed by atoms with Crippen molar-refractivity contribution in [1.29, 1.82) is 0 Å². The molecular weight excluding hydrogens is 368 g/mol. The SMILES string of the molecule is Cc1[nH]nc(-c2cccc(NC(=O)NCc3ccccc3)c2)c1Br. The van der Waals surface area contributed by atoms with E-state index in [2.05, 4.69) is 36.8 Å². The number of halogens is 1. The fourth-order valence-corrected chi connectivity index (χ4v) is 2.71. The van der Waals surface area contributed by atoms with E-state index >= 15 is 0 Å². The minimum absolute atomic E-state index is 0.242. The van der Waals surface area contributed by atoms with Gasteiger partial charge in [0, 0.05) is 23.5 Å². The van der Waals surface area contributed by atoms with E-state index in [-0.39, 0.29) is 6.03 Å². The number of H-pyrrole nitrogens is 1. The van der Waals surface area contributed by atoms with Crippen molar-refractivity contribution < 1.29 is 4.79 Å². The first-order chi connectivity index (χ1) is 11.6. The zero-order valence-corrected chi connectivity index (χ0v) is 14.7. The van der Waals surface area contributed by atoms with Crippen molar-refractivity contribution in [3.8, 4) is 11.3 Å². The molecule has 0 aliphatic carbocycles. The number of urea groups is 1. The molecule has 5 nitrogen and oxygen atoms in total. The molecule has 0 saturated heterocycles. The Bertz CT molecular complexity index is 845. The van der Waals surface area contributed by atoms with Gasteiger partial charge in [0.25, 0.3) is 0 Å². The summed E-state index contributed by atoms with van der Waals surface area (Å²) in [5, 5.41) is 12.9. The Morgan fingerprint density at radius 1 is 1.17 bits per heavy atom. The molecule has 0 spiro atoms. The molecule has 0 bridgehead atoms. The molecule has 1 aromatic heterocycles. The second kappa shape index (κ2) is 7.31. The van der Waals surface area contributed by atoms with E-state index in [1.165, 1.54) is 0 Å². The lowest BCUT2D eigenvalue weighted by Crippen LogP contribution is -2.28. The van der Waals surface area contributed by atoms with Crippen LogP contribution < -0.4 is 10.6 Å². The molecule has 0 fully saturated rings. The number of amides is 2. The van der Waals surface area contributed by atoms with Crippen LogP contribution in [0.4, 0.5) is 10.5 Å². The van der Waals surface area contributed by atoms with E-state index in [0.717, 1.165) is 27.0 Å². The third-order valence-electron chi connectivity index (χ3n) is 3.56. The van der Waals surface area contributed by atoms with Crippen molar-refractivity contribution in [1.82, 2.24) is 15.5 Å². The predicted molar refractivity (Wildman–Crippen MR) is 98.8 cm³/mol. The Balaban J connectivity index is 1.66. The summed E-state index contributed by atoms with van der Waals surface area (Å²) >= 11 is 3.52. The number of aromatic amines is 1. The average Bonchev–Trinajstić information content (AvgIpc) is 2.93. The molecule has 24 heavy (non-hydrogen) atoms. The van der Waals surface area contributed by atoms with Gasteiger partial charge in [-0.05, 0) is 40.5 Å². The summed E-state index contributed by atoms with van der Waals surface area (Å²) in [6.07, 6.45) is 0. The Kier molecular flexibility index (Phi) is 4.96. The first kappa shape index (κ1) is 16.3. The van der Waals surface area contributed by atoms with Gasteiger partial charge in [-0.25, -0.2) is 4.79 Å². The molecule has 122 valence electrons. The van der Waals surface area contributed by atoms with Gasteiger partial charge in [0.05, 0.1) is 4.47 Å². The van der Waals surface area contributed by atoms with Crippen LogP contribution in [0.1, 0.15) is 11.3 Å². The van der Waals surface area contributed by atoms with Gasteiger partial charge in [-0.3, -0.25) is 5.10 Å². The highest BCUT2D eigenvalue weighted by molar-refractivity contribution is 9.10. The number of aromatic nitrogens is 2. The first-order valence-corrected chi connectivity index (χ1v) is 8.32. The fraction of sp³-hybridized carbons (Fsp3) is 0.111. The van der Waals surface area contributed by atoms with Gasteiger partial charge in [0.15, 0.2) is 0 Å². The standard InChI is InChI=1S/C18H17BrN4O/c1-12-16(19)17(23-22-12)14-8-5-9-15(10-14)21-18(24)20-11-13-6-3-2-4-7-13/h2-10H,11H2,1H3,(H,22,23)(H2,20,21,24). The summed E-state index contributed by atoms with van der Waals surface area (Å²) in [6, 6.07) is 17.1. The Morgan fingerprint density at radius 2 is 1.96 bits per heavy atom. The van der Waals surface area contributed by atoms with Crippen LogP contribution in [-0.4, -0.2) is 16.2 Å². The van der Waals surface area contributed by atoms with E-state index in [1.807, 2.05) is 61.5 Å². The largest absolute Gasteiger partial charge is 0.334 e. The second-order valence-corrected chi connectivity index (χ2v) is 6.18. The van der Waals surface area contributed by atoms with Crippen LogP contribution in [-0.2, 0) is 6.54 Å². The van der Waals surface area contributed by atoms with Gasteiger partial charge in [-0.15, -0.1) is 0 Å². The van der Waals surface area contributed by atoms with E-state index in [1.54, 1.807) is 0 Å². The van der Waals surface area contributed by atoms with Crippen LogP contribution in [0.3, 0.4) is 0 Å². The van der Waals surface area contributed by atoms with Crippen molar-refractivity contribution in [2.75, 3.05) is 5.32 Å². The van der Waals surface area contributed by atoms with Gasteiger partial charge in [-0.2, -0.15) is 5.10 Å². The number of carbonyl (C=O) groups excluding carboxylic acids is 1. The van der Waals surface area contributed by atoms with Crippen molar-refractivity contribution in [3.05, 3.63) is 70.3 Å². The average molecular weight is 385 g/mol. The number of nitrogens with zero attached hydrogens (tertiary/aromatic N) is 1. The number of aryl methyl sites for hydroxylation is 1. The fourth-order valence-electron chi connectivity index (χ4n) is 2.30. The number of benzene rings is 2. The topological polar surface area (TPSA) is 69.8 Å². The van der Waals surface area contributed by atoms with E-state index in [9.17, 15) is 4.79 Å². The highest BCUT2D eigenvalue weighted by atomic mass is 79.9. The van der Waals surface area contributed by atoms with Crippen molar-refractivity contribution >= 4 is 27.6 Å². The smallest absolute Gasteiger partial charge is 0.319 e. The van der Waals surface area contributed by atoms with E-state index in [0.29, 0.717) is 12.2 Å². The second-order valence-electron chi connectivity index (χ2n) is 5.39. The van der Waals surface area contributed by atoms with Crippen LogP contribution in [0.5, 0.6) is 0 Å². The molecule has 0 saturated carbocycles. The lowest BCUT2D eigenvalue weighted by molar-refractivity contribution is 0.251. The maximum Gasteiger partial charge on any atom is 0.319 e. The van der Waals surface area contributed by atoms with E-state index < -0.39 is 0 Å². The normalized spacial score (nSPS) is 10.4. The maximum atomic E-state index is 12.1. The quantitative estimate of drug-likeness (QED) is 0.620. The lowest BCUT2D eigenvalue weighted by Gasteiger charge is -2.09. The Labute approximate surface area is 148 Å². The maximum absolute atomic E-state index is 12.1. The van der Waals surface area contributed by atoms with Gasteiger partial charge in [0.1, 0.15) is 5.69 Å². The summed E-state index contributed by atoms with van der Waals surface area (Å²) < 4.78 is 0.924. The molecule has 0 radical (unpaired) electrons. The summed E-state index contributed by atoms with van der Waals surface area (Å²) in [5.74, 6) is 0. The highest BCUT2D eigenvalue weighted by Crippen LogP contribution is 2.29. The Morgan fingerprint density at radius 3 is 2.67 bits per heavy atom. The number of nitrogens with one attached hydrogen (secondary N) is 3. The number of rotatable bonds is 4. The molecule has 1 heterocycles. The number of hydrogen-bond donors (Lipinski definition) is 3.